The van der Waals surface area contributed by atoms with Crippen LogP contribution in [-0.4, -0.2) is 50.6 Å². The third kappa shape index (κ3) is 3.40. The van der Waals surface area contributed by atoms with E-state index in [1.807, 2.05) is 17.9 Å². The molecule has 1 fully saturated rings. The lowest BCUT2D eigenvalue weighted by molar-refractivity contribution is -0.388. The Morgan fingerprint density at radius 2 is 1.80 bits per heavy atom. The van der Waals surface area contributed by atoms with E-state index in [9.17, 15) is 10.1 Å². The first-order valence-electron chi connectivity index (χ1n) is 8.38. The molecule has 0 saturated carbocycles. The molecule has 0 radical (unpaired) electrons. The van der Waals surface area contributed by atoms with Crippen molar-refractivity contribution in [2.45, 2.75) is 26.7 Å². The molecule has 2 aromatic rings. The molecule has 0 aliphatic carbocycles. The number of hydrogen-bond donors (Lipinski definition) is 0. The fourth-order valence-electron chi connectivity index (χ4n) is 3.05. The summed E-state index contributed by atoms with van der Waals surface area (Å²) in [6.45, 7) is 9.00. The maximum absolute atomic E-state index is 11.2. The number of nitro groups is 1. The predicted molar refractivity (Wildman–Crippen MR) is 95.1 cm³/mol. The largest absolute Gasteiger partial charge is 0.406 e. The van der Waals surface area contributed by atoms with Gasteiger partial charge in [-0.1, -0.05) is 13.8 Å². The Morgan fingerprint density at radius 1 is 1.16 bits per heavy atom. The quantitative estimate of drug-likeness (QED) is 0.617. The smallest absolute Gasteiger partial charge is 0.358 e. The van der Waals surface area contributed by atoms with E-state index in [0.29, 0.717) is 18.9 Å². The van der Waals surface area contributed by atoms with E-state index >= 15 is 0 Å². The van der Waals surface area contributed by atoms with Gasteiger partial charge < -0.3 is 19.9 Å². The van der Waals surface area contributed by atoms with Gasteiger partial charge in [0.2, 0.25) is 12.1 Å². The molecule has 3 heterocycles. The van der Waals surface area contributed by atoms with Crippen molar-refractivity contribution in [3.05, 3.63) is 34.0 Å². The van der Waals surface area contributed by atoms with Gasteiger partial charge in [-0.3, -0.25) is 4.57 Å². The van der Waals surface area contributed by atoms with E-state index in [0.717, 1.165) is 30.4 Å². The van der Waals surface area contributed by atoms with Crippen molar-refractivity contribution in [3.8, 4) is 0 Å². The van der Waals surface area contributed by atoms with Gasteiger partial charge in [-0.05, 0) is 16.8 Å². The molecule has 0 aromatic carbocycles. The highest BCUT2D eigenvalue weighted by atomic mass is 16.6. The molecule has 9 nitrogen and oxygen atoms in total. The van der Waals surface area contributed by atoms with E-state index < -0.39 is 4.92 Å². The molecule has 134 valence electrons. The average molecular weight is 345 g/mol. The van der Waals surface area contributed by atoms with E-state index in [4.69, 9.17) is 0 Å². The maximum atomic E-state index is 11.2. The van der Waals surface area contributed by atoms with Crippen LogP contribution in [0, 0.1) is 17.0 Å². The van der Waals surface area contributed by atoms with E-state index in [1.165, 1.54) is 6.33 Å². The van der Waals surface area contributed by atoms with Crippen LogP contribution in [0.25, 0.3) is 0 Å². The van der Waals surface area contributed by atoms with Gasteiger partial charge in [0.05, 0.1) is 0 Å². The zero-order valence-electron chi connectivity index (χ0n) is 15.0. The van der Waals surface area contributed by atoms with Crippen molar-refractivity contribution >= 4 is 17.5 Å². The highest BCUT2D eigenvalue weighted by Crippen LogP contribution is 2.27. The van der Waals surface area contributed by atoms with Crippen LogP contribution >= 0.6 is 0 Å². The molecule has 9 heteroatoms. The minimum absolute atomic E-state index is 0.0871. The van der Waals surface area contributed by atoms with Gasteiger partial charge in [-0.15, -0.1) is 0 Å². The second kappa shape index (κ2) is 6.66. The number of nitrogens with zero attached hydrogens (tertiary/aromatic N) is 7. The summed E-state index contributed by atoms with van der Waals surface area (Å²) in [5.74, 6) is 2.52. The molecule has 0 unspecified atom stereocenters. The number of aryl methyl sites for hydroxylation is 2. The number of hydrogen-bond acceptors (Lipinski definition) is 7. The Hall–Kier alpha value is -2.71. The monoisotopic (exact) mass is 345 g/mol. The molecule has 1 aliphatic heterocycles. The zero-order valence-corrected chi connectivity index (χ0v) is 15.0. The van der Waals surface area contributed by atoms with Gasteiger partial charge in [-0.2, -0.15) is 0 Å². The molecule has 2 aromatic heterocycles. The summed E-state index contributed by atoms with van der Waals surface area (Å²) in [6.07, 6.45) is 1.49. The second-order valence-electron chi connectivity index (χ2n) is 6.61. The molecule has 0 spiro atoms. The highest BCUT2D eigenvalue weighted by Gasteiger charge is 2.28. The number of imidazole rings is 1. The minimum atomic E-state index is -0.426. The molecule has 25 heavy (non-hydrogen) atoms. The Balaban J connectivity index is 1.77. The molecular formula is C16H23N7O2. The first-order chi connectivity index (χ1) is 11.9. The lowest BCUT2D eigenvalue weighted by Gasteiger charge is -2.36. The summed E-state index contributed by atoms with van der Waals surface area (Å²) in [6, 6.07) is 1.99. The highest BCUT2D eigenvalue weighted by molar-refractivity contribution is 5.56. The van der Waals surface area contributed by atoms with Gasteiger partial charge in [0.1, 0.15) is 11.6 Å². The van der Waals surface area contributed by atoms with Crippen LogP contribution in [0.3, 0.4) is 0 Å². The van der Waals surface area contributed by atoms with Crippen LogP contribution < -0.4 is 9.80 Å². The van der Waals surface area contributed by atoms with Crippen molar-refractivity contribution in [2.24, 2.45) is 7.05 Å². The molecule has 0 bridgehead atoms. The summed E-state index contributed by atoms with van der Waals surface area (Å²) < 4.78 is 1.71. The third-order valence-electron chi connectivity index (χ3n) is 4.34. The van der Waals surface area contributed by atoms with Crippen LogP contribution in [0.15, 0.2) is 12.4 Å². The molecule has 1 saturated heterocycles. The fourth-order valence-corrected chi connectivity index (χ4v) is 3.05. The van der Waals surface area contributed by atoms with Crippen LogP contribution in [-0.2, 0) is 7.05 Å². The van der Waals surface area contributed by atoms with Crippen LogP contribution in [0.2, 0.25) is 0 Å². The SMILES string of the molecule is Cc1cc(N2CCN(c3c([N+](=O)[O-])ncn3C)CC2)nc(C(C)C)n1. The molecule has 1 aliphatic rings. The van der Waals surface area contributed by atoms with E-state index in [-0.39, 0.29) is 11.7 Å². The average Bonchev–Trinajstić information content (AvgIpc) is 2.96. The Bertz CT molecular complexity index is 779. The zero-order chi connectivity index (χ0) is 18.1. The molecular weight excluding hydrogens is 322 g/mol. The summed E-state index contributed by atoms with van der Waals surface area (Å²) in [7, 11) is 1.78. The number of rotatable bonds is 4. The second-order valence-corrected chi connectivity index (χ2v) is 6.61. The Morgan fingerprint density at radius 3 is 2.40 bits per heavy atom. The van der Waals surface area contributed by atoms with Crippen molar-refractivity contribution in [1.29, 1.82) is 0 Å². The van der Waals surface area contributed by atoms with Gasteiger partial charge in [0.25, 0.3) is 0 Å². The first-order valence-corrected chi connectivity index (χ1v) is 8.38. The standard InChI is InChI=1S/C16H23N7O2/c1-11(2)14-18-12(3)9-13(19-14)21-5-7-22(8-6-21)16-15(23(24)25)17-10-20(16)4/h9-11H,5-8H2,1-4H3. The van der Waals surface area contributed by atoms with Crippen LogP contribution in [0.4, 0.5) is 17.5 Å². The molecule has 0 N–H and O–H groups in total. The van der Waals surface area contributed by atoms with Crippen molar-refractivity contribution < 1.29 is 4.92 Å². The Kier molecular flexibility index (Phi) is 4.56. The van der Waals surface area contributed by atoms with Gasteiger partial charge in [0.15, 0.2) is 0 Å². The number of piperazine rings is 1. The van der Waals surface area contributed by atoms with Gasteiger partial charge in [-0.25, -0.2) is 9.97 Å². The minimum Gasteiger partial charge on any atom is -0.358 e. The summed E-state index contributed by atoms with van der Waals surface area (Å²) in [4.78, 5) is 28.0. The third-order valence-corrected chi connectivity index (χ3v) is 4.34. The summed E-state index contributed by atoms with van der Waals surface area (Å²) >= 11 is 0. The first kappa shape index (κ1) is 17.1. The van der Waals surface area contributed by atoms with Gasteiger partial charge >= 0.3 is 5.82 Å². The fraction of sp³-hybridized carbons (Fsp3) is 0.562. The molecule has 0 atom stereocenters. The predicted octanol–water partition coefficient (Wildman–Crippen LogP) is 1.88. The van der Waals surface area contributed by atoms with Crippen molar-refractivity contribution in [3.63, 3.8) is 0 Å². The summed E-state index contributed by atoms with van der Waals surface area (Å²) in [5.41, 5.74) is 0.957. The molecule has 0 amide bonds. The van der Waals surface area contributed by atoms with E-state index in [1.54, 1.807) is 11.6 Å². The maximum Gasteiger partial charge on any atom is 0.406 e. The van der Waals surface area contributed by atoms with Crippen molar-refractivity contribution in [2.75, 3.05) is 36.0 Å². The lowest BCUT2D eigenvalue weighted by atomic mass is 10.2. The van der Waals surface area contributed by atoms with Crippen LogP contribution in [0.1, 0.15) is 31.3 Å². The van der Waals surface area contributed by atoms with Crippen LogP contribution in [0.5, 0.6) is 0 Å². The van der Waals surface area contributed by atoms with E-state index in [2.05, 4.69) is 33.7 Å². The number of aromatic nitrogens is 4. The van der Waals surface area contributed by atoms with Crippen molar-refractivity contribution in [1.82, 2.24) is 19.5 Å². The Labute approximate surface area is 146 Å². The topological polar surface area (TPSA) is 93.2 Å². The normalized spacial score (nSPS) is 15.1. The summed E-state index contributed by atoms with van der Waals surface area (Å²) in [5, 5.41) is 11.2. The lowest BCUT2D eigenvalue weighted by Crippen LogP contribution is -2.47. The van der Waals surface area contributed by atoms with Gasteiger partial charge in [0, 0.05) is 50.9 Å². The molecule has 3 rings (SSSR count). The number of anilines is 2.